The standard InChI is InChI=1S/C13H11BrFNOS/c1-7-8(2)18-13(16-7)6-12(17)10-4-3-9(15)5-11(10)14/h3-5H,6H2,1-2H3. The van der Waals surface area contributed by atoms with E-state index in [2.05, 4.69) is 20.9 Å². The number of hydrogen-bond donors (Lipinski definition) is 0. The zero-order valence-electron chi connectivity index (χ0n) is 9.96. The van der Waals surface area contributed by atoms with Crippen LogP contribution in [0.5, 0.6) is 0 Å². The molecule has 1 heterocycles. The molecule has 1 aromatic carbocycles. The number of rotatable bonds is 3. The van der Waals surface area contributed by atoms with Crippen LogP contribution in [0.25, 0.3) is 0 Å². The molecule has 2 aromatic rings. The zero-order valence-corrected chi connectivity index (χ0v) is 12.4. The van der Waals surface area contributed by atoms with E-state index in [4.69, 9.17) is 0 Å². The molecule has 0 saturated heterocycles. The predicted octanol–water partition coefficient (Wildman–Crippen LogP) is 4.09. The summed E-state index contributed by atoms with van der Waals surface area (Å²) in [7, 11) is 0. The first-order chi connectivity index (χ1) is 8.47. The molecule has 0 N–H and O–H groups in total. The first kappa shape index (κ1) is 13.4. The molecule has 0 atom stereocenters. The fourth-order valence-corrected chi connectivity index (χ4v) is 3.07. The summed E-state index contributed by atoms with van der Waals surface area (Å²) in [6.45, 7) is 3.91. The lowest BCUT2D eigenvalue weighted by atomic mass is 10.1. The van der Waals surface area contributed by atoms with Gasteiger partial charge in [0, 0.05) is 14.9 Å². The highest BCUT2D eigenvalue weighted by Gasteiger charge is 2.14. The monoisotopic (exact) mass is 327 g/mol. The maximum Gasteiger partial charge on any atom is 0.170 e. The molecule has 0 fully saturated rings. The van der Waals surface area contributed by atoms with E-state index in [1.165, 1.54) is 29.5 Å². The summed E-state index contributed by atoms with van der Waals surface area (Å²) in [4.78, 5) is 17.5. The Morgan fingerprint density at radius 3 is 2.72 bits per heavy atom. The summed E-state index contributed by atoms with van der Waals surface area (Å²) in [5.74, 6) is -0.421. The second-order valence-corrected chi connectivity index (χ2v) is 6.12. The van der Waals surface area contributed by atoms with Gasteiger partial charge < -0.3 is 0 Å². The van der Waals surface area contributed by atoms with Crippen LogP contribution in [0, 0.1) is 19.7 Å². The molecule has 94 valence electrons. The molecule has 0 saturated carbocycles. The number of benzene rings is 1. The van der Waals surface area contributed by atoms with E-state index < -0.39 is 0 Å². The van der Waals surface area contributed by atoms with E-state index in [0.717, 1.165) is 15.6 Å². The minimum absolute atomic E-state index is 0.0596. The van der Waals surface area contributed by atoms with Gasteiger partial charge in [0.1, 0.15) is 10.8 Å². The topological polar surface area (TPSA) is 30.0 Å². The van der Waals surface area contributed by atoms with Gasteiger partial charge in [0.2, 0.25) is 0 Å². The third-order valence-corrected chi connectivity index (χ3v) is 4.35. The first-order valence-corrected chi connectivity index (χ1v) is 6.99. The number of nitrogens with zero attached hydrogens (tertiary/aromatic N) is 1. The van der Waals surface area contributed by atoms with Gasteiger partial charge in [-0.1, -0.05) is 0 Å². The van der Waals surface area contributed by atoms with E-state index in [9.17, 15) is 9.18 Å². The molecule has 1 aromatic heterocycles. The molecular weight excluding hydrogens is 317 g/mol. The number of hydrogen-bond acceptors (Lipinski definition) is 3. The summed E-state index contributed by atoms with van der Waals surface area (Å²) >= 11 is 4.73. The van der Waals surface area contributed by atoms with Crippen molar-refractivity contribution < 1.29 is 9.18 Å². The van der Waals surface area contributed by atoms with Gasteiger partial charge in [-0.2, -0.15) is 0 Å². The Kier molecular flexibility index (Phi) is 3.92. The molecule has 0 spiro atoms. The molecule has 0 aliphatic carbocycles. The van der Waals surface area contributed by atoms with E-state index in [0.29, 0.717) is 10.0 Å². The van der Waals surface area contributed by atoms with Crippen molar-refractivity contribution in [2.45, 2.75) is 20.3 Å². The maximum atomic E-state index is 12.9. The van der Waals surface area contributed by atoms with Crippen molar-refractivity contribution >= 4 is 33.0 Å². The number of halogens is 2. The summed E-state index contributed by atoms with van der Waals surface area (Å²) in [5, 5.41) is 0.797. The van der Waals surface area contributed by atoms with Gasteiger partial charge in [0.15, 0.2) is 5.78 Å². The van der Waals surface area contributed by atoms with Crippen molar-refractivity contribution in [1.82, 2.24) is 4.98 Å². The Balaban J connectivity index is 2.22. The summed E-state index contributed by atoms with van der Waals surface area (Å²) in [6.07, 6.45) is 0.254. The van der Waals surface area contributed by atoms with Crippen molar-refractivity contribution in [2.24, 2.45) is 0 Å². The number of aryl methyl sites for hydroxylation is 2. The van der Waals surface area contributed by atoms with Crippen LogP contribution in [0.4, 0.5) is 4.39 Å². The molecule has 2 nitrogen and oxygen atoms in total. The molecule has 2 rings (SSSR count). The summed E-state index contributed by atoms with van der Waals surface area (Å²) in [6, 6.07) is 4.08. The van der Waals surface area contributed by atoms with Gasteiger partial charge in [-0.05, 0) is 48.0 Å². The molecule has 5 heteroatoms. The molecule has 0 amide bonds. The number of carbonyl (C=O) groups excluding carboxylic acids is 1. The lowest BCUT2D eigenvalue weighted by molar-refractivity contribution is 0.0992. The predicted molar refractivity (Wildman–Crippen MR) is 73.7 cm³/mol. The van der Waals surface area contributed by atoms with Crippen LogP contribution in [-0.4, -0.2) is 10.8 Å². The second kappa shape index (κ2) is 5.28. The quantitative estimate of drug-likeness (QED) is 0.795. The number of carbonyl (C=O) groups is 1. The SMILES string of the molecule is Cc1nc(CC(=O)c2ccc(F)cc2Br)sc1C. The lowest BCUT2D eigenvalue weighted by Gasteiger charge is -2.02. The lowest BCUT2D eigenvalue weighted by Crippen LogP contribution is -2.04. The maximum absolute atomic E-state index is 12.9. The van der Waals surface area contributed by atoms with Crippen LogP contribution in [0.15, 0.2) is 22.7 Å². The summed E-state index contributed by atoms with van der Waals surface area (Å²) < 4.78 is 13.4. The number of thiazole rings is 1. The van der Waals surface area contributed by atoms with Gasteiger partial charge in [0.05, 0.1) is 12.1 Å². The zero-order chi connectivity index (χ0) is 13.3. The van der Waals surface area contributed by atoms with Gasteiger partial charge in [0.25, 0.3) is 0 Å². The Morgan fingerprint density at radius 1 is 1.44 bits per heavy atom. The number of Topliss-reactive ketones (excluding diaryl/α,β-unsaturated/α-hetero) is 1. The Morgan fingerprint density at radius 2 is 2.17 bits per heavy atom. The third kappa shape index (κ3) is 2.84. The molecule has 18 heavy (non-hydrogen) atoms. The van der Waals surface area contributed by atoms with E-state index in [1.807, 2.05) is 13.8 Å². The van der Waals surface area contributed by atoms with Crippen LogP contribution >= 0.6 is 27.3 Å². The van der Waals surface area contributed by atoms with Crippen molar-refractivity contribution in [2.75, 3.05) is 0 Å². The van der Waals surface area contributed by atoms with Crippen LogP contribution in [0.1, 0.15) is 25.9 Å². The van der Waals surface area contributed by atoms with Crippen LogP contribution in [-0.2, 0) is 6.42 Å². The second-order valence-electron chi connectivity index (χ2n) is 3.97. The molecular formula is C13H11BrFNOS. The average Bonchev–Trinajstić information content (AvgIpc) is 2.57. The van der Waals surface area contributed by atoms with Crippen molar-refractivity contribution in [3.63, 3.8) is 0 Å². The number of ketones is 1. The Bertz CT molecular complexity index is 590. The van der Waals surface area contributed by atoms with E-state index in [1.54, 1.807) is 0 Å². The highest BCUT2D eigenvalue weighted by molar-refractivity contribution is 9.10. The molecule has 0 aliphatic rings. The van der Waals surface area contributed by atoms with Crippen molar-refractivity contribution in [3.05, 3.63) is 49.6 Å². The van der Waals surface area contributed by atoms with Crippen LogP contribution < -0.4 is 0 Å². The Labute approximate surface area is 117 Å². The summed E-state index contributed by atoms with van der Waals surface area (Å²) in [5.41, 5.74) is 1.45. The van der Waals surface area contributed by atoms with Gasteiger partial charge in [-0.15, -0.1) is 11.3 Å². The minimum atomic E-state index is -0.362. The molecule has 0 bridgehead atoms. The molecule has 0 aliphatic heterocycles. The van der Waals surface area contributed by atoms with Gasteiger partial charge in [-0.25, -0.2) is 9.37 Å². The fourth-order valence-electron chi connectivity index (χ4n) is 1.56. The Hall–Kier alpha value is -1.07. The van der Waals surface area contributed by atoms with Gasteiger partial charge >= 0.3 is 0 Å². The average molecular weight is 328 g/mol. The highest BCUT2D eigenvalue weighted by Crippen LogP contribution is 2.22. The van der Waals surface area contributed by atoms with E-state index in [-0.39, 0.29) is 18.0 Å². The van der Waals surface area contributed by atoms with Crippen LogP contribution in [0.2, 0.25) is 0 Å². The van der Waals surface area contributed by atoms with E-state index >= 15 is 0 Å². The largest absolute Gasteiger partial charge is 0.294 e. The number of aromatic nitrogens is 1. The first-order valence-electron chi connectivity index (χ1n) is 5.38. The fraction of sp³-hybridized carbons (Fsp3) is 0.231. The molecule has 0 unspecified atom stereocenters. The smallest absolute Gasteiger partial charge is 0.170 e. The highest BCUT2D eigenvalue weighted by atomic mass is 79.9. The third-order valence-electron chi connectivity index (χ3n) is 2.62. The van der Waals surface area contributed by atoms with Crippen LogP contribution in [0.3, 0.4) is 0 Å². The van der Waals surface area contributed by atoms with Crippen molar-refractivity contribution in [3.8, 4) is 0 Å². The van der Waals surface area contributed by atoms with Gasteiger partial charge in [-0.3, -0.25) is 4.79 Å². The molecule has 0 radical (unpaired) electrons. The normalized spacial score (nSPS) is 10.7. The minimum Gasteiger partial charge on any atom is -0.294 e. The van der Waals surface area contributed by atoms with Crippen molar-refractivity contribution in [1.29, 1.82) is 0 Å².